The minimum atomic E-state index is -4.01. The molecule has 0 saturated heterocycles. The van der Waals surface area contributed by atoms with Crippen molar-refractivity contribution in [3.05, 3.63) is 83.4 Å². The highest BCUT2D eigenvalue weighted by molar-refractivity contribution is 7.89. The summed E-state index contributed by atoms with van der Waals surface area (Å²) >= 11 is 0. The maximum absolute atomic E-state index is 13.9. The van der Waals surface area contributed by atoms with Crippen LogP contribution in [-0.4, -0.2) is 97.6 Å². The lowest BCUT2D eigenvalue weighted by atomic mass is 10.0. The quantitative estimate of drug-likeness (QED) is 0.377. The summed E-state index contributed by atoms with van der Waals surface area (Å²) in [5, 5.41) is 19.5. The van der Waals surface area contributed by atoms with Crippen molar-refractivity contribution in [2.45, 2.75) is 37.4 Å². The molecule has 11 heteroatoms. The predicted molar refractivity (Wildman–Crippen MR) is 164 cm³/mol. The normalized spacial score (nSPS) is 19.0. The van der Waals surface area contributed by atoms with Gasteiger partial charge in [-0.15, -0.1) is 0 Å². The Bertz CT molecular complexity index is 1570. The molecule has 0 bridgehead atoms. The number of likely N-dealkylation sites (N-methyl/N-ethyl adjacent to an activating group) is 1. The van der Waals surface area contributed by atoms with Crippen LogP contribution < -0.4 is 4.74 Å². The monoisotopic (exact) mass is 609 g/mol. The van der Waals surface area contributed by atoms with E-state index in [-0.39, 0.29) is 41.2 Å². The topological polar surface area (TPSA) is 128 Å². The zero-order chi connectivity index (χ0) is 31.5. The number of aliphatic hydroxyl groups excluding tert-OH is 1. The lowest BCUT2D eigenvalue weighted by molar-refractivity contribution is 0.0686. The van der Waals surface area contributed by atoms with Gasteiger partial charge in [0.25, 0.3) is 5.91 Å². The largest absolute Gasteiger partial charge is 0.487 e. The van der Waals surface area contributed by atoms with E-state index in [1.807, 2.05) is 31.0 Å². The molecule has 0 radical (unpaired) electrons. The molecule has 0 aliphatic carbocycles. The standard InChI is InChI=1S/C32H39N3O7S/c1-21-17-35(22(2)20-36)43(40,41)30-15-14-25(23-10-12-24(13-11-23)31(37)33(3)4)16-28(30)42-29(21)19-34(5)18-26-8-6-7-9-27(26)32(38)39/h6-16,21-22,29,36H,17-20H2,1-5H3,(H,38,39)/t21-,22+,29+/m1/s1. The van der Waals surface area contributed by atoms with Gasteiger partial charge in [-0.25, -0.2) is 13.2 Å². The summed E-state index contributed by atoms with van der Waals surface area (Å²) in [6.07, 6.45) is -0.458. The molecule has 1 heterocycles. The van der Waals surface area contributed by atoms with Crippen LogP contribution in [0.2, 0.25) is 0 Å². The van der Waals surface area contributed by atoms with Crippen LogP contribution in [0.5, 0.6) is 5.75 Å². The number of ether oxygens (including phenoxy) is 1. The zero-order valence-corrected chi connectivity index (χ0v) is 25.9. The Hall–Kier alpha value is -3.77. The van der Waals surface area contributed by atoms with Gasteiger partial charge in [0.15, 0.2) is 0 Å². The van der Waals surface area contributed by atoms with E-state index in [9.17, 15) is 28.2 Å². The third-order valence-electron chi connectivity index (χ3n) is 7.72. The zero-order valence-electron chi connectivity index (χ0n) is 25.1. The maximum Gasteiger partial charge on any atom is 0.336 e. The average molecular weight is 610 g/mol. The van der Waals surface area contributed by atoms with Gasteiger partial charge in [-0.3, -0.25) is 9.69 Å². The van der Waals surface area contributed by atoms with Crippen LogP contribution in [0.15, 0.2) is 71.6 Å². The number of carboxylic acids is 1. The van der Waals surface area contributed by atoms with Gasteiger partial charge in [-0.1, -0.05) is 43.3 Å². The predicted octanol–water partition coefficient (Wildman–Crippen LogP) is 3.65. The number of sulfonamides is 1. The number of nitrogens with zero attached hydrogens (tertiary/aromatic N) is 3. The van der Waals surface area contributed by atoms with E-state index in [1.54, 1.807) is 69.6 Å². The molecule has 0 unspecified atom stereocenters. The summed E-state index contributed by atoms with van der Waals surface area (Å²) in [6, 6.07) is 18.2. The lowest BCUT2D eigenvalue weighted by Gasteiger charge is -2.37. The fraction of sp³-hybridized carbons (Fsp3) is 0.375. The first-order chi connectivity index (χ1) is 20.3. The maximum atomic E-state index is 13.9. The van der Waals surface area contributed by atoms with Crippen LogP contribution in [0.3, 0.4) is 0 Å². The summed E-state index contributed by atoms with van der Waals surface area (Å²) < 4.78 is 35.5. The molecule has 0 aromatic heterocycles. The van der Waals surface area contributed by atoms with E-state index in [1.165, 1.54) is 15.3 Å². The van der Waals surface area contributed by atoms with Crippen molar-refractivity contribution in [1.29, 1.82) is 0 Å². The smallest absolute Gasteiger partial charge is 0.336 e. The highest BCUT2D eigenvalue weighted by Crippen LogP contribution is 2.36. The number of benzene rings is 3. The van der Waals surface area contributed by atoms with E-state index >= 15 is 0 Å². The minimum absolute atomic E-state index is 0.00623. The SMILES string of the molecule is C[C@@H]1CN([C@@H](C)CO)S(=O)(=O)c2ccc(-c3ccc(C(=O)N(C)C)cc3)cc2O[C@H]1CN(C)Cc1ccccc1C(=O)O. The second-order valence-electron chi connectivity index (χ2n) is 11.3. The van der Waals surface area contributed by atoms with E-state index in [0.29, 0.717) is 24.2 Å². The van der Waals surface area contributed by atoms with Crippen LogP contribution in [0, 0.1) is 5.92 Å². The van der Waals surface area contributed by atoms with E-state index < -0.39 is 28.1 Å². The molecule has 2 N–H and O–H groups in total. The van der Waals surface area contributed by atoms with Crippen LogP contribution in [-0.2, 0) is 16.6 Å². The van der Waals surface area contributed by atoms with Crippen molar-refractivity contribution < 1.29 is 33.0 Å². The number of amides is 1. The van der Waals surface area contributed by atoms with E-state index in [4.69, 9.17) is 4.74 Å². The van der Waals surface area contributed by atoms with Gasteiger partial charge >= 0.3 is 5.97 Å². The number of aromatic carboxylic acids is 1. The molecule has 0 saturated carbocycles. The molecule has 1 aliphatic heterocycles. The highest BCUT2D eigenvalue weighted by atomic mass is 32.2. The molecule has 1 aliphatic rings. The molecule has 3 aromatic rings. The van der Waals surface area contributed by atoms with E-state index in [0.717, 1.165) is 11.1 Å². The molecule has 230 valence electrons. The molecule has 3 aromatic carbocycles. The number of carboxylic acid groups (broad SMARTS) is 1. The van der Waals surface area contributed by atoms with Gasteiger partial charge < -0.3 is 19.8 Å². The Morgan fingerprint density at radius 3 is 2.30 bits per heavy atom. The van der Waals surface area contributed by atoms with Crippen molar-refractivity contribution in [1.82, 2.24) is 14.1 Å². The first kappa shape index (κ1) is 32.2. The summed E-state index contributed by atoms with van der Waals surface area (Å²) in [7, 11) is 1.23. The molecule has 43 heavy (non-hydrogen) atoms. The van der Waals surface area contributed by atoms with Crippen LogP contribution in [0.1, 0.15) is 40.1 Å². The summed E-state index contributed by atoms with van der Waals surface area (Å²) in [5.41, 5.74) is 2.93. The summed E-state index contributed by atoms with van der Waals surface area (Å²) in [5.74, 6) is -1.20. The Kier molecular flexibility index (Phi) is 9.91. The molecule has 1 amide bonds. The fourth-order valence-electron chi connectivity index (χ4n) is 5.22. The summed E-state index contributed by atoms with van der Waals surface area (Å²) in [4.78, 5) is 27.5. The van der Waals surface area contributed by atoms with Crippen molar-refractivity contribution in [2.24, 2.45) is 5.92 Å². The van der Waals surface area contributed by atoms with Gasteiger partial charge in [0.2, 0.25) is 10.0 Å². The van der Waals surface area contributed by atoms with Gasteiger partial charge in [0.1, 0.15) is 16.7 Å². The number of fused-ring (bicyclic) bond motifs is 1. The molecule has 0 spiro atoms. The van der Waals surface area contributed by atoms with Gasteiger partial charge in [0.05, 0.1) is 12.2 Å². The van der Waals surface area contributed by atoms with Crippen LogP contribution in [0.25, 0.3) is 11.1 Å². The average Bonchev–Trinajstić information content (AvgIpc) is 2.98. The first-order valence-corrected chi connectivity index (χ1v) is 15.5. The highest BCUT2D eigenvalue weighted by Gasteiger charge is 2.38. The first-order valence-electron chi connectivity index (χ1n) is 14.1. The molecule has 3 atom stereocenters. The molecule has 10 nitrogen and oxygen atoms in total. The number of hydrogen-bond donors (Lipinski definition) is 2. The Labute approximate surface area is 253 Å². The number of carbonyl (C=O) groups is 2. The third kappa shape index (κ3) is 7.07. The van der Waals surface area contributed by atoms with Crippen LogP contribution in [0.4, 0.5) is 0 Å². The van der Waals surface area contributed by atoms with Gasteiger partial charge in [-0.05, 0) is 61.0 Å². The van der Waals surface area contributed by atoms with Crippen molar-refractivity contribution >= 4 is 21.9 Å². The molecule has 4 rings (SSSR count). The second kappa shape index (κ2) is 13.3. The number of hydrogen-bond acceptors (Lipinski definition) is 7. The molecular weight excluding hydrogens is 570 g/mol. The third-order valence-corrected chi connectivity index (χ3v) is 9.74. The molecular formula is C32H39N3O7S. The Balaban J connectivity index is 1.71. The Morgan fingerprint density at radius 2 is 1.67 bits per heavy atom. The van der Waals surface area contributed by atoms with E-state index in [2.05, 4.69) is 0 Å². The molecule has 0 fully saturated rings. The number of aliphatic hydroxyl groups is 1. The van der Waals surface area contributed by atoms with Crippen molar-refractivity contribution in [3.63, 3.8) is 0 Å². The number of rotatable bonds is 9. The Morgan fingerprint density at radius 1 is 1.02 bits per heavy atom. The van der Waals surface area contributed by atoms with Crippen molar-refractivity contribution in [2.75, 3.05) is 40.8 Å². The van der Waals surface area contributed by atoms with Gasteiger partial charge in [0, 0.05) is 51.3 Å². The lowest BCUT2D eigenvalue weighted by Crippen LogP contribution is -2.49. The van der Waals surface area contributed by atoms with Gasteiger partial charge in [-0.2, -0.15) is 4.31 Å². The van der Waals surface area contributed by atoms with Crippen LogP contribution >= 0.6 is 0 Å². The van der Waals surface area contributed by atoms with Crippen molar-refractivity contribution in [3.8, 4) is 16.9 Å². The second-order valence-corrected chi connectivity index (χ2v) is 13.2. The minimum Gasteiger partial charge on any atom is -0.487 e. The number of carbonyl (C=O) groups excluding carboxylic acids is 1. The fourth-order valence-corrected chi connectivity index (χ4v) is 7.04. The summed E-state index contributed by atoms with van der Waals surface area (Å²) in [6.45, 7) is 4.12.